The van der Waals surface area contributed by atoms with Crippen molar-refractivity contribution in [2.24, 2.45) is 5.73 Å². The van der Waals surface area contributed by atoms with Gasteiger partial charge in [-0.25, -0.2) is 4.39 Å². The summed E-state index contributed by atoms with van der Waals surface area (Å²) in [7, 11) is 0. The number of benzene rings is 1. The fourth-order valence-corrected chi connectivity index (χ4v) is 2.04. The van der Waals surface area contributed by atoms with Gasteiger partial charge in [-0.05, 0) is 37.6 Å². The van der Waals surface area contributed by atoms with Crippen LogP contribution in [-0.2, 0) is 13.1 Å². The molecule has 0 amide bonds. The van der Waals surface area contributed by atoms with Gasteiger partial charge in [-0.15, -0.1) is 0 Å². The monoisotopic (exact) mass is 238 g/mol. The van der Waals surface area contributed by atoms with E-state index in [0.29, 0.717) is 5.56 Å². The Bertz CT molecular complexity index is 333. The molecule has 2 N–H and O–H groups in total. The van der Waals surface area contributed by atoms with Gasteiger partial charge in [0.25, 0.3) is 0 Å². The Labute approximate surface area is 104 Å². The zero-order chi connectivity index (χ0) is 12.7. The van der Waals surface area contributed by atoms with Crippen LogP contribution in [0.15, 0.2) is 18.2 Å². The highest BCUT2D eigenvalue weighted by molar-refractivity contribution is 5.25. The van der Waals surface area contributed by atoms with Gasteiger partial charge in [0.05, 0.1) is 0 Å². The first-order valence-corrected chi connectivity index (χ1v) is 6.41. The lowest BCUT2D eigenvalue weighted by Gasteiger charge is -2.21. The van der Waals surface area contributed by atoms with E-state index in [1.165, 1.54) is 6.07 Å². The Morgan fingerprint density at radius 3 is 2.35 bits per heavy atom. The highest BCUT2D eigenvalue weighted by Crippen LogP contribution is 2.12. The van der Waals surface area contributed by atoms with Crippen LogP contribution < -0.4 is 5.73 Å². The average molecular weight is 238 g/mol. The van der Waals surface area contributed by atoms with Gasteiger partial charge in [0.2, 0.25) is 0 Å². The lowest BCUT2D eigenvalue weighted by molar-refractivity contribution is 0.266. The standard InChI is InChI=1S/C14H23FN2/c1-3-7-17(8-4-2)11-12-5-6-14(15)13(9-12)10-16/h5-6,9H,3-4,7-8,10-11,16H2,1-2H3. The molecule has 0 aliphatic rings. The third kappa shape index (κ3) is 4.44. The van der Waals surface area contributed by atoms with E-state index in [2.05, 4.69) is 18.7 Å². The summed E-state index contributed by atoms with van der Waals surface area (Å²) in [6, 6.07) is 5.26. The van der Waals surface area contributed by atoms with Crippen molar-refractivity contribution in [3.8, 4) is 0 Å². The fraction of sp³-hybridized carbons (Fsp3) is 0.571. The van der Waals surface area contributed by atoms with Crippen LogP contribution in [0.25, 0.3) is 0 Å². The molecule has 96 valence electrons. The zero-order valence-electron chi connectivity index (χ0n) is 10.9. The Balaban J connectivity index is 2.71. The summed E-state index contributed by atoms with van der Waals surface area (Å²) in [6.07, 6.45) is 2.29. The summed E-state index contributed by atoms with van der Waals surface area (Å²) in [6.45, 7) is 7.68. The third-order valence-electron chi connectivity index (χ3n) is 2.82. The predicted octanol–water partition coefficient (Wildman–Crippen LogP) is 2.91. The van der Waals surface area contributed by atoms with Crippen molar-refractivity contribution in [1.29, 1.82) is 0 Å². The molecule has 0 radical (unpaired) electrons. The molecule has 1 rings (SSSR count). The van der Waals surface area contributed by atoms with Crippen molar-refractivity contribution in [3.63, 3.8) is 0 Å². The van der Waals surface area contributed by atoms with E-state index in [-0.39, 0.29) is 12.4 Å². The molecule has 0 saturated carbocycles. The zero-order valence-corrected chi connectivity index (χ0v) is 10.9. The first-order chi connectivity index (χ1) is 8.21. The SMILES string of the molecule is CCCN(CCC)Cc1ccc(F)c(CN)c1. The average Bonchev–Trinajstić information content (AvgIpc) is 2.32. The molecule has 0 spiro atoms. The van der Waals surface area contributed by atoms with Gasteiger partial charge >= 0.3 is 0 Å². The largest absolute Gasteiger partial charge is 0.326 e. The van der Waals surface area contributed by atoms with Gasteiger partial charge in [-0.1, -0.05) is 26.0 Å². The molecular weight excluding hydrogens is 215 g/mol. The van der Waals surface area contributed by atoms with Crippen molar-refractivity contribution < 1.29 is 4.39 Å². The van der Waals surface area contributed by atoms with E-state index in [1.54, 1.807) is 0 Å². The molecular formula is C14H23FN2. The van der Waals surface area contributed by atoms with Crippen molar-refractivity contribution >= 4 is 0 Å². The van der Waals surface area contributed by atoms with Crippen molar-refractivity contribution in [3.05, 3.63) is 35.1 Å². The Hall–Kier alpha value is -0.930. The van der Waals surface area contributed by atoms with Crippen molar-refractivity contribution in [1.82, 2.24) is 4.90 Å². The first-order valence-electron chi connectivity index (χ1n) is 6.41. The van der Waals surface area contributed by atoms with Crippen LogP contribution in [0.1, 0.15) is 37.8 Å². The van der Waals surface area contributed by atoms with E-state index in [9.17, 15) is 4.39 Å². The maximum absolute atomic E-state index is 13.3. The molecule has 2 nitrogen and oxygen atoms in total. The van der Waals surface area contributed by atoms with Crippen LogP contribution in [0, 0.1) is 5.82 Å². The normalized spacial score (nSPS) is 11.1. The quantitative estimate of drug-likeness (QED) is 0.791. The van der Waals surface area contributed by atoms with Crippen LogP contribution in [0.4, 0.5) is 4.39 Å². The Morgan fingerprint density at radius 2 is 1.82 bits per heavy atom. The second-order valence-electron chi connectivity index (χ2n) is 4.41. The predicted molar refractivity (Wildman–Crippen MR) is 70.2 cm³/mol. The van der Waals surface area contributed by atoms with Crippen LogP contribution >= 0.6 is 0 Å². The minimum Gasteiger partial charge on any atom is -0.326 e. The summed E-state index contributed by atoms with van der Waals surface area (Å²) >= 11 is 0. The van der Waals surface area contributed by atoms with Crippen molar-refractivity contribution in [2.45, 2.75) is 39.8 Å². The minimum absolute atomic E-state index is 0.200. The second kappa shape index (κ2) is 7.41. The maximum atomic E-state index is 13.3. The van der Waals surface area contributed by atoms with E-state index in [1.807, 2.05) is 12.1 Å². The Morgan fingerprint density at radius 1 is 1.18 bits per heavy atom. The van der Waals surface area contributed by atoms with E-state index in [0.717, 1.165) is 38.0 Å². The molecule has 0 aliphatic heterocycles. The number of halogens is 1. The molecule has 0 aromatic heterocycles. The molecule has 0 unspecified atom stereocenters. The summed E-state index contributed by atoms with van der Waals surface area (Å²) in [5, 5.41) is 0. The summed E-state index contributed by atoms with van der Waals surface area (Å²) in [5.41, 5.74) is 7.27. The van der Waals surface area contributed by atoms with Gasteiger partial charge in [-0.2, -0.15) is 0 Å². The highest BCUT2D eigenvalue weighted by Gasteiger charge is 2.06. The van der Waals surface area contributed by atoms with Crippen LogP contribution in [0.2, 0.25) is 0 Å². The minimum atomic E-state index is -0.200. The van der Waals surface area contributed by atoms with E-state index >= 15 is 0 Å². The first kappa shape index (κ1) is 14.1. The van der Waals surface area contributed by atoms with Crippen LogP contribution in [-0.4, -0.2) is 18.0 Å². The lowest BCUT2D eigenvalue weighted by Crippen LogP contribution is -2.25. The molecule has 17 heavy (non-hydrogen) atoms. The second-order valence-corrected chi connectivity index (χ2v) is 4.41. The van der Waals surface area contributed by atoms with Gasteiger partial charge < -0.3 is 5.73 Å². The number of nitrogens with two attached hydrogens (primary N) is 1. The molecule has 0 heterocycles. The number of hydrogen-bond donors (Lipinski definition) is 1. The van der Waals surface area contributed by atoms with Gasteiger partial charge in [0.15, 0.2) is 0 Å². The smallest absolute Gasteiger partial charge is 0.127 e. The molecule has 1 aromatic rings. The third-order valence-corrected chi connectivity index (χ3v) is 2.82. The molecule has 1 aromatic carbocycles. The molecule has 0 fully saturated rings. The van der Waals surface area contributed by atoms with Gasteiger partial charge in [-0.3, -0.25) is 4.90 Å². The van der Waals surface area contributed by atoms with E-state index in [4.69, 9.17) is 5.73 Å². The summed E-state index contributed by atoms with van der Waals surface area (Å²) in [5.74, 6) is -0.200. The van der Waals surface area contributed by atoms with Gasteiger partial charge in [0.1, 0.15) is 5.82 Å². The van der Waals surface area contributed by atoms with Crippen LogP contribution in [0.3, 0.4) is 0 Å². The molecule has 0 saturated heterocycles. The van der Waals surface area contributed by atoms with E-state index < -0.39 is 0 Å². The molecule has 0 aliphatic carbocycles. The van der Waals surface area contributed by atoms with Crippen LogP contribution in [0.5, 0.6) is 0 Å². The topological polar surface area (TPSA) is 29.3 Å². The molecule has 3 heteroatoms. The number of hydrogen-bond acceptors (Lipinski definition) is 2. The Kier molecular flexibility index (Phi) is 6.16. The fourth-order valence-electron chi connectivity index (χ4n) is 2.04. The van der Waals surface area contributed by atoms with Crippen molar-refractivity contribution in [2.75, 3.05) is 13.1 Å². The molecule has 0 bridgehead atoms. The lowest BCUT2D eigenvalue weighted by atomic mass is 10.1. The highest BCUT2D eigenvalue weighted by atomic mass is 19.1. The molecule has 0 atom stereocenters. The summed E-state index contributed by atoms with van der Waals surface area (Å²) in [4.78, 5) is 2.40. The van der Waals surface area contributed by atoms with Gasteiger partial charge in [0, 0.05) is 18.7 Å². The number of rotatable bonds is 7. The maximum Gasteiger partial charge on any atom is 0.127 e. The number of nitrogens with zero attached hydrogens (tertiary/aromatic N) is 1. The summed E-state index contributed by atoms with van der Waals surface area (Å²) < 4.78 is 13.3.